The van der Waals surface area contributed by atoms with E-state index in [1.165, 1.54) is 0 Å². The van der Waals surface area contributed by atoms with Crippen molar-refractivity contribution in [3.63, 3.8) is 0 Å². The molecular weight excluding hydrogens is 152 g/mol. The van der Waals surface area contributed by atoms with Gasteiger partial charge < -0.3 is 15.7 Å². The highest BCUT2D eigenvalue weighted by Crippen LogP contribution is 1.94. The molecule has 0 fully saturated rings. The molecule has 6 heteroatoms. The number of rotatable bonds is 5. The smallest absolute Gasteiger partial charge is 0.350 e. The van der Waals surface area contributed by atoms with Crippen LogP contribution in [0.4, 0.5) is 0 Å². The molecule has 0 aliphatic heterocycles. The van der Waals surface area contributed by atoms with Crippen LogP contribution in [0.25, 0.3) is 0 Å². The molecule has 0 heterocycles. The average Bonchev–Trinajstić information content (AvgIpc) is 1.88. The summed E-state index contributed by atoms with van der Waals surface area (Å²) >= 11 is 0. The fraction of sp³-hybridized carbons (Fsp3) is 0.400. The van der Waals surface area contributed by atoms with Crippen LogP contribution in [0.3, 0.4) is 0 Å². The van der Waals surface area contributed by atoms with Gasteiger partial charge in [0.15, 0.2) is 0 Å². The normalized spacial score (nSPS) is 9.91. The van der Waals surface area contributed by atoms with Gasteiger partial charge in [0.25, 0.3) is 0 Å². The first-order valence-electron chi connectivity index (χ1n) is 2.73. The molecule has 0 atom stereocenters. The predicted octanol–water partition coefficient (Wildman–Crippen LogP) is -1.72. The molecule has 0 rings (SSSR count). The predicted molar refractivity (Wildman–Crippen MR) is 34.4 cm³/mol. The summed E-state index contributed by atoms with van der Waals surface area (Å²) in [6.45, 7) is 1.15. The van der Waals surface area contributed by atoms with Gasteiger partial charge in [-0.05, 0) is 6.92 Å². The molecule has 3 N–H and O–H groups in total. The zero-order valence-electron chi connectivity index (χ0n) is 5.83. The van der Waals surface area contributed by atoms with E-state index in [0.717, 1.165) is 6.92 Å². The molecule has 0 bridgehead atoms. The lowest BCUT2D eigenvalue weighted by molar-refractivity contribution is -0.148. The van der Waals surface area contributed by atoms with Crippen molar-refractivity contribution in [3.8, 4) is 0 Å². The highest BCUT2D eigenvalue weighted by molar-refractivity contribution is 5.82. The Hall–Kier alpha value is -1.59. The van der Waals surface area contributed by atoms with Crippen LogP contribution >= 0.6 is 0 Å². The van der Waals surface area contributed by atoms with Crippen molar-refractivity contribution in [1.82, 2.24) is 10.6 Å². The van der Waals surface area contributed by atoms with Gasteiger partial charge in [0.05, 0.1) is 0 Å². The maximum Gasteiger partial charge on any atom is 0.350 e. The molecule has 0 saturated heterocycles. The summed E-state index contributed by atoms with van der Waals surface area (Å²) in [7, 11) is 0. The Bertz CT molecular complexity index is 169. The number of hydrogen-bond donors (Lipinski definition) is 3. The van der Waals surface area contributed by atoms with Crippen LogP contribution in [0.15, 0.2) is 0 Å². The zero-order valence-corrected chi connectivity index (χ0v) is 5.83. The van der Waals surface area contributed by atoms with Gasteiger partial charge in [-0.3, -0.25) is 9.59 Å². The van der Waals surface area contributed by atoms with Crippen molar-refractivity contribution in [2.45, 2.75) is 12.6 Å². The molecule has 11 heavy (non-hydrogen) atoms. The highest BCUT2D eigenvalue weighted by Gasteiger charge is 2.31. The van der Waals surface area contributed by atoms with Crippen molar-refractivity contribution in [2.24, 2.45) is 0 Å². The van der Waals surface area contributed by atoms with E-state index in [9.17, 15) is 14.4 Å². The van der Waals surface area contributed by atoms with E-state index < -0.39 is 11.6 Å². The third kappa shape index (κ3) is 2.24. The van der Waals surface area contributed by atoms with E-state index in [4.69, 9.17) is 5.11 Å². The number of carbonyl (C=O) groups is 3. The highest BCUT2D eigenvalue weighted by atomic mass is 16.4. The van der Waals surface area contributed by atoms with Gasteiger partial charge in [0.1, 0.15) is 0 Å². The summed E-state index contributed by atoms with van der Waals surface area (Å²) in [6, 6.07) is 0. The number of carboxylic acid groups (broad SMARTS) is 1. The SMILES string of the molecule is CC(NC=O)(NC=O)C(=O)O. The number of amides is 2. The van der Waals surface area contributed by atoms with Gasteiger partial charge in [0, 0.05) is 0 Å². The summed E-state index contributed by atoms with van der Waals surface area (Å²) in [6.07, 6.45) is 0.398. The first kappa shape index (κ1) is 9.41. The van der Waals surface area contributed by atoms with Crippen LogP contribution in [-0.2, 0) is 14.4 Å². The number of hydrogen-bond acceptors (Lipinski definition) is 3. The number of carboxylic acids is 1. The van der Waals surface area contributed by atoms with E-state index in [2.05, 4.69) is 0 Å². The van der Waals surface area contributed by atoms with E-state index in [1.807, 2.05) is 10.6 Å². The molecule has 6 nitrogen and oxygen atoms in total. The summed E-state index contributed by atoms with van der Waals surface area (Å²) < 4.78 is 0. The van der Waals surface area contributed by atoms with E-state index in [0.29, 0.717) is 0 Å². The summed E-state index contributed by atoms with van der Waals surface area (Å²) in [5.41, 5.74) is -1.72. The largest absolute Gasteiger partial charge is 0.478 e. The third-order valence-electron chi connectivity index (χ3n) is 1.12. The van der Waals surface area contributed by atoms with E-state index in [-0.39, 0.29) is 12.8 Å². The zero-order chi connectivity index (χ0) is 8.91. The monoisotopic (exact) mass is 160 g/mol. The second kappa shape index (κ2) is 3.55. The molecule has 0 unspecified atom stereocenters. The number of nitrogens with one attached hydrogen (secondary N) is 2. The van der Waals surface area contributed by atoms with Gasteiger partial charge in [-0.25, -0.2) is 4.79 Å². The maximum absolute atomic E-state index is 10.4. The van der Waals surface area contributed by atoms with Crippen LogP contribution in [0.1, 0.15) is 6.92 Å². The Morgan fingerprint density at radius 1 is 1.36 bits per heavy atom. The fourth-order valence-corrected chi connectivity index (χ4v) is 0.401. The van der Waals surface area contributed by atoms with Gasteiger partial charge in [0.2, 0.25) is 18.5 Å². The van der Waals surface area contributed by atoms with Crippen LogP contribution in [0, 0.1) is 0 Å². The maximum atomic E-state index is 10.4. The lowest BCUT2D eigenvalue weighted by Crippen LogP contribution is -2.59. The topological polar surface area (TPSA) is 95.5 Å². The molecule has 0 saturated carbocycles. The Kier molecular flexibility index (Phi) is 3.03. The second-order valence-electron chi connectivity index (χ2n) is 1.95. The molecule has 2 amide bonds. The van der Waals surface area contributed by atoms with Crippen molar-refractivity contribution in [1.29, 1.82) is 0 Å². The van der Waals surface area contributed by atoms with E-state index in [1.54, 1.807) is 0 Å². The van der Waals surface area contributed by atoms with Crippen LogP contribution in [0.2, 0.25) is 0 Å². The first-order chi connectivity index (χ1) is 5.06. The summed E-state index contributed by atoms with van der Waals surface area (Å²) in [5, 5.41) is 12.3. The van der Waals surface area contributed by atoms with Crippen LogP contribution in [0.5, 0.6) is 0 Å². The average molecular weight is 160 g/mol. The van der Waals surface area contributed by atoms with Crippen LogP contribution in [-0.4, -0.2) is 29.6 Å². The molecule has 62 valence electrons. The standard InChI is InChI=1S/C5H8N2O4/c1-5(4(10)11,6-2-8)7-3-9/h2-3H,1H3,(H,6,8)(H,7,9)(H,10,11). The van der Waals surface area contributed by atoms with Gasteiger partial charge in [-0.2, -0.15) is 0 Å². The Morgan fingerprint density at radius 3 is 1.91 bits per heavy atom. The van der Waals surface area contributed by atoms with Gasteiger partial charge in [-0.15, -0.1) is 0 Å². The first-order valence-corrected chi connectivity index (χ1v) is 2.73. The Morgan fingerprint density at radius 2 is 1.73 bits per heavy atom. The van der Waals surface area contributed by atoms with Crippen molar-refractivity contribution in [3.05, 3.63) is 0 Å². The number of aliphatic carboxylic acids is 1. The lowest BCUT2D eigenvalue weighted by atomic mass is 10.2. The summed E-state index contributed by atoms with van der Waals surface area (Å²) in [5.74, 6) is -1.34. The molecule has 0 aromatic heterocycles. The second-order valence-corrected chi connectivity index (χ2v) is 1.95. The quantitative estimate of drug-likeness (QED) is 0.329. The van der Waals surface area contributed by atoms with E-state index >= 15 is 0 Å². The minimum Gasteiger partial charge on any atom is -0.478 e. The lowest BCUT2D eigenvalue weighted by Gasteiger charge is -2.22. The number of carbonyl (C=O) groups excluding carboxylic acids is 2. The Balaban J connectivity index is 4.35. The molecule has 0 aliphatic carbocycles. The van der Waals surface area contributed by atoms with Gasteiger partial charge >= 0.3 is 5.97 Å². The molecule has 0 radical (unpaired) electrons. The van der Waals surface area contributed by atoms with Crippen molar-refractivity contribution in [2.75, 3.05) is 0 Å². The van der Waals surface area contributed by atoms with Crippen molar-refractivity contribution >= 4 is 18.8 Å². The third-order valence-corrected chi connectivity index (χ3v) is 1.12. The fourth-order valence-electron chi connectivity index (χ4n) is 0.401. The molecule has 0 aliphatic rings. The minimum atomic E-state index is -1.72. The Labute approximate surface area is 62.6 Å². The van der Waals surface area contributed by atoms with Crippen molar-refractivity contribution < 1.29 is 19.5 Å². The minimum absolute atomic E-state index is 0.199. The summed E-state index contributed by atoms with van der Waals surface area (Å²) in [4.78, 5) is 30.1. The van der Waals surface area contributed by atoms with Gasteiger partial charge in [-0.1, -0.05) is 0 Å². The van der Waals surface area contributed by atoms with Crippen LogP contribution < -0.4 is 10.6 Å². The molecule has 0 aromatic rings. The molecule has 0 aromatic carbocycles. The molecule has 0 spiro atoms. The molecular formula is C5H8N2O4.